The fraction of sp³-hybridized carbons (Fsp3) is 0.133. The molecule has 0 saturated carbocycles. The molecule has 20 heavy (non-hydrogen) atoms. The van der Waals surface area contributed by atoms with E-state index in [4.69, 9.17) is 0 Å². The van der Waals surface area contributed by atoms with Crippen LogP contribution in [-0.2, 0) is 16.0 Å². The van der Waals surface area contributed by atoms with Gasteiger partial charge in [0.15, 0.2) is 0 Å². The van der Waals surface area contributed by atoms with E-state index in [9.17, 15) is 9.59 Å². The first-order valence-electron chi connectivity index (χ1n) is 6.25. The maximum Gasteiger partial charge on any atom is 0.244 e. The van der Waals surface area contributed by atoms with Gasteiger partial charge in [0.1, 0.15) is 5.82 Å². The van der Waals surface area contributed by atoms with E-state index in [1.54, 1.807) is 24.4 Å². The Morgan fingerprint density at radius 1 is 0.950 bits per heavy atom. The van der Waals surface area contributed by atoms with E-state index in [1.165, 1.54) is 0 Å². The SMILES string of the molecule is O=C(Cc1ccccc1)NCC(=O)Nc1ccccn1. The Morgan fingerprint density at radius 3 is 2.40 bits per heavy atom. The van der Waals surface area contributed by atoms with Crippen LogP contribution in [0.5, 0.6) is 0 Å². The highest BCUT2D eigenvalue weighted by Crippen LogP contribution is 2.00. The molecule has 0 aliphatic carbocycles. The van der Waals surface area contributed by atoms with Crippen LogP contribution in [0.25, 0.3) is 0 Å². The fourth-order valence-corrected chi connectivity index (χ4v) is 1.65. The maximum atomic E-state index is 11.7. The molecule has 0 spiro atoms. The molecule has 0 unspecified atom stereocenters. The number of nitrogens with zero attached hydrogens (tertiary/aromatic N) is 1. The Balaban J connectivity index is 1.75. The lowest BCUT2D eigenvalue weighted by Crippen LogP contribution is -2.33. The van der Waals surface area contributed by atoms with Crippen LogP contribution in [0.1, 0.15) is 5.56 Å². The minimum absolute atomic E-state index is 0.0672. The molecule has 1 aromatic heterocycles. The molecule has 5 nitrogen and oxygen atoms in total. The lowest BCUT2D eigenvalue weighted by Gasteiger charge is -2.06. The summed E-state index contributed by atoms with van der Waals surface area (Å²) in [5.41, 5.74) is 0.912. The fourth-order valence-electron chi connectivity index (χ4n) is 1.65. The van der Waals surface area contributed by atoms with Crippen molar-refractivity contribution in [3.8, 4) is 0 Å². The van der Waals surface area contributed by atoms with Crippen molar-refractivity contribution in [3.05, 3.63) is 60.3 Å². The molecule has 0 saturated heterocycles. The third-order valence-electron chi connectivity index (χ3n) is 2.59. The zero-order valence-electron chi connectivity index (χ0n) is 10.9. The predicted octanol–water partition coefficient (Wildman–Crippen LogP) is 1.38. The maximum absolute atomic E-state index is 11.7. The van der Waals surface area contributed by atoms with Gasteiger partial charge in [0.05, 0.1) is 13.0 Å². The molecule has 2 aromatic rings. The summed E-state index contributed by atoms with van der Waals surface area (Å²) in [5.74, 6) is -0.0210. The Kier molecular flexibility index (Phi) is 4.83. The molecule has 2 amide bonds. The van der Waals surface area contributed by atoms with Crippen molar-refractivity contribution >= 4 is 17.6 Å². The minimum Gasteiger partial charge on any atom is -0.347 e. The van der Waals surface area contributed by atoms with Gasteiger partial charge < -0.3 is 10.6 Å². The van der Waals surface area contributed by atoms with Gasteiger partial charge in [-0.1, -0.05) is 36.4 Å². The molecule has 0 bridgehead atoms. The van der Waals surface area contributed by atoms with Crippen LogP contribution in [0.4, 0.5) is 5.82 Å². The summed E-state index contributed by atoms with van der Waals surface area (Å²) in [6.07, 6.45) is 1.85. The van der Waals surface area contributed by atoms with Gasteiger partial charge in [-0.25, -0.2) is 4.98 Å². The molecule has 1 aromatic carbocycles. The highest BCUT2D eigenvalue weighted by molar-refractivity contribution is 5.94. The number of nitrogens with one attached hydrogen (secondary N) is 2. The number of benzene rings is 1. The van der Waals surface area contributed by atoms with Gasteiger partial charge in [0.25, 0.3) is 0 Å². The van der Waals surface area contributed by atoms with Crippen molar-refractivity contribution in [2.24, 2.45) is 0 Å². The Bertz CT molecular complexity index is 517. The zero-order chi connectivity index (χ0) is 14.2. The third kappa shape index (κ3) is 4.53. The summed E-state index contributed by atoms with van der Waals surface area (Å²) >= 11 is 0. The van der Waals surface area contributed by atoms with Crippen LogP contribution in [0.2, 0.25) is 0 Å². The molecule has 0 atom stereocenters. The van der Waals surface area contributed by atoms with Gasteiger partial charge in [-0.2, -0.15) is 0 Å². The first-order valence-corrected chi connectivity index (χ1v) is 6.25. The van der Waals surface area contributed by atoms with Crippen LogP contribution in [0, 0.1) is 0 Å². The van der Waals surface area contributed by atoms with Gasteiger partial charge in [0.2, 0.25) is 11.8 Å². The van der Waals surface area contributed by atoms with Crippen molar-refractivity contribution in [2.75, 3.05) is 11.9 Å². The van der Waals surface area contributed by atoms with E-state index in [-0.39, 0.29) is 24.8 Å². The number of hydrogen-bond donors (Lipinski definition) is 2. The number of anilines is 1. The zero-order valence-corrected chi connectivity index (χ0v) is 10.9. The molecule has 0 aliphatic heterocycles. The Morgan fingerprint density at radius 2 is 1.70 bits per heavy atom. The summed E-state index contributed by atoms with van der Waals surface area (Å²) in [6.45, 7) is -0.0672. The van der Waals surface area contributed by atoms with Gasteiger partial charge >= 0.3 is 0 Å². The second-order valence-electron chi connectivity index (χ2n) is 4.20. The minimum atomic E-state index is -0.301. The smallest absolute Gasteiger partial charge is 0.244 e. The molecular formula is C15H15N3O2. The van der Waals surface area contributed by atoms with Gasteiger partial charge in [0, 0.05) is 6.20 Å². The summed E-state index contributed by atoms with van der Waals surface area (Å²) in [5, 5.41) is 5.17. The molecule has 0 fully saturated rings. The van der Waals surface area contributed by atoms with Crippen molar-refractivity contribution in [2.45, 2.75) is 6.42 Å². The lowest BCUT2D eigenvalue weighted by atomic mass is 10.1. The average Bonchev–Trinajstić information content (AvgIpc) is 2.47. The van der Waals surface area contributed by atoms with Crippen LogP contribution in [0.15, 0.2) is 54.7 Å². The van der Waals surface area contributed by atoms with E-state index < -0.39 is 0 Å². The molecule has 0 aliphatic rings. The second-order valence-corrected chi connectivity index (χ2v) is 4.20. The average molecular weight is 269 g/mol. The number of amides is 2. The van der Waals surface area contributed by atoms with Crippen LogP contribution in [-0.4, -0.2) is 23.3 Å². The predicted molar refractivity (Wildman–Crippen MR) is 76.0 cm³/mol. The highest BCUT2D eigenvalue weighted by atomic mass is 16.2. The third-order valence-corrected chi connectivity index (χ3v) is 2.59. The van der Waals surface area contributed by atoms with Gasteiger partial charge in [-0.05, 0) is 17.7 Å². The van der Waals surface area contributed by atoms with E-state index in [0.717, 1.165) is 5.56 Å². The van der Waals surface area contributed by atoms with Crippen LogP contribution in [0.3, 0.4) is 0 Å². The van der Waals surface area contributed by atoms with Crippen LogP contribution >= 0.6 is 0 Å². The normalized spacial score (nSPS) is 9.80. The van der Waals surface area contributed by atoms with Gasteiger partial charge in [-0.3, -0.25) is 9.59 Å². The quantitative estimate of drug-likeness (QED) is 0.861. The molecule has 102 valence electrons. The van der Waals surface area contributed by atoms with Crippen LogP contribution < -0.4 is 10.6 Å². The largest absolute Gasteiger partial charge is 0.347 e. The summed E-state index contributed by atoms with van der Waals surface area (Å²) < 4.78 is 0. The Hall–Kier alpha value is -2.69. The standard InChI is InChI=1S/C15H15N3O2/c19-14(10-12-6-2-1-3-7-12)17-11-15(20)18-13-8-4-5-9-16-13/h1-9H,10-11H2,(H,17,19)(H,16,18,20). The molecule has 1 heterocycles. The topological polar surface area (TPSA) is 71.1 Å². The van der Waals surface area contributed by atoms with Crippen molar-refractivity contribution < 1.29 is 9.59 Å². The van der Waals surface area contributed by atoms with E-state index in [0.29, 0.717) is 5.82 Å². The van der Waals surface area contributed by atoms with E-state index in [1.807, 2.05) is 30.3 Å². The monoisotopic (exact) mass is 269 g/mol. The molecule has 2 N–H and O–H groups in total. The number of rotatable bonds is 5. The first-order chi connectivity index (χ1) is 9.74. The Labute approximate surface area is 117 Å². The van der Waals surface area contributed by atoms with Crippen molar-refractivity contribution in [1.82, 2.24) is 10.3 Å². The number of carbonyl (C=O) groups excluding carboxylic acids is 2. The van der Waals surface area contributed by atoms with Crippen molar-refractivity contribution in [3.63, 3.8) is 0 Å². The lowest BCUT2D eigenvalue weighted by molar-refractivity contribution is -0.123. The first kappa shape index (κ1) is 13.7. The van der Waals surface area contributed by atoms with E-state index in [2.05, 4.69) is 15.6 Å². The summed E-state index contributed by atoms with van der Waals surface area (Å²) in [6, 6.07) is 14.6. The molecule has 2 rings (SSSR count). The summed E-state index contributed by atoms with van der Waals surface area (Å²) in [4.78, 5) is 27.2. The van der Waals surface area contributed by atoms with Gasteiger partial charge in [-0.15, -0.1) is 0 Å². The number of pyridine rings is 1. The number of carbonyl (C=O) groups is 2. The highest BCUT2D eigenvalue weighted by Gasteiger charge is 2.06. The molecule has 0 radical (unpaired) electrons. The summed E-state index contributed by atoms with van der Waals surface area (Å²) in [7, 11) is 0. The number of aromatic nitrogens is 1. The molecular weight excluding hydrogens is 254 g/mol. The van der Waals surface area contributed by atoms with E-state index >= 15 is 0 Å². The second kappa shape index (κ2) is 7.04. The molecule has 5 heteroatoms. The van der Waals surface area contributed by atoms with Crippen molar-refractivity contribution in [1.29, 1.82) is 0 Å². The number of hydrogen-bond acceptors (Lipinski definition) is 3.